The van der Waals surface area contributed by atoms with E-state index in [1.54, 1.807) is 44.2 Å². The van der Waals surface area contributed by atoms with E-state index >= 15 is 0 Å². The number of benzene rings is 1. The first-order valence-electron chi connectivity index (χ1n) is 10.9. The summed E-state index contributed by atoms with van der Waals surface area (Å²) in [5.41, 5.74) is 0.362. The van der Waals surface area contributed by atoms with Crippen LogP contribution in [0.1, 0.15) is 26.9 Å². The van der Waals surface area contributed by atoms with Gasteiger partial charge in [0.15, 0.2) is 0 Å². The standard InChI is InChI=1S/C21H25N5O8S2.K.H/c1-21(2)14(18(29)30)26-16(28)13(17(26)35-21)22-15(27)12(11-7-5-4-6-8-11)23-19(31)24-9-10-25(20(24)32)36(3,33)34;;/h4-8,12-14,17H,9-10H2,1-3H3,(H,22,27)(H,23,31)(H,29,30);;/q;+1;-1/t12?,13-,14+,17-;;/m1../s1. The van der Waals surface area contributed by atoms with Crippen molar-refractivity contribution in [1.29, 1.82) is 0 Å². The van der Waals surface area contributed by atoms with Crippen LogP contribution in [0.15, 0.2) is 30.3 Å². The monoisotopic (exact) mass is 579 g/mol. The fourth-order valence-corrected chi connectivity index (χ4v) is 6.96. The molecule has 0 radical (unpaired) electrons. The van der Waals surface area contributed by atoms with Crippen LogP contribution in [0.2, 0.25) is 0 Å². The van der Waals surface area contributed by atoms with E-state index in [9.17, 15) is 37.5 Å². The van der Waals surface area contributed by atoms with Crippen LogP contribution in [0.25, 0.3) is 0 Å². The van der Waals surface area contributed by atoms with Gasteiger partial charge in [-0.05, 0) is 19.4 Å². The molecule has 37 heavy (non-hydrogen) atoms. The Kier molecular flexibility index (Phi) is 8.73. The Morgan fingerprint density at radius 3 is 2.32 bits per heavy atom. The van der Waals surface area contributed by atoms with E-state index in [2.05, 4.69) is 10.6 Å². The second-order valence-corrected chi connectivity index (χ2v) is 12.8. The van der Waals surface area contributed by atoms with Gasteiger partial charge in [-0.2, -0.15) is 0 Å². The maximum absolute atomic E-state index is 13.3. The van der Waals surface area contributed by atoms with Crippen molar-refractivity contribution >= 4 is 51.6 Å². The average Bonchev–Trinajstić information content (AvgIpc) is 3.31. The van der Waals surface area contributed by atoms with Gasteiger partial charge in [0, 0.05) is 4.75 Å². The number of fused-ring (bicyclic) bond motifs is 1. The molecule has 3 N–H and O–H groups in total. The van der Waals surface area contributed by atoms with Crippen molar-refractivity contribution in [2.24, 2.45) is 0 Å². The molecule has 3 fully saturated rings. The quantitative estimate of drug-likeness (QED) is 0.233. The molecular formula is C21H26KN5O8S2. The topological polar surface area (TPSA) is 173 Å². The van der Waals surface area contributed by atoms with E-state index in [4.69, 9.17) is 0 Å². The van der Waals surface area contributed by atoms with Gasteiger partial charge in [-0.25, -0.2) is 32.0 Å². The largest absolute Gasteiger partial charge is 1.00 e. The third-order valence-corrected chi connectivity index (χ3v) is 8.96. The fourth-order valence-electron chi connectivity index (χ4n) is 4.54. The molecule has 13 nitrogen and oxygen atoms in total. The molecule has 16 heteroatoms. The van der Waals surface area contributed by atoms with Crippen LogP contribution in [-0.4, -0.2) is 99.0 Å². The van der Waals surface area contributed by atoms with Gasteiger partial charge in [-0.15, -0.1) is 11.8 Å². The number of hydrogen-bond acceptors (Lipinski definition) is 8. The van der Waals surface area contributed by atoms with Crippen LogP contribution < -0.4 is 62.0 Å². The van der Waals surface area contributed by atoms with Gasteiger partial charge in [0.2, 0.25) is 21.8 Å². The van der Waals surface area contributed by atoms with E-state index in [0.717, 1.165) is 6.26 Å². The minimum atomic E-state index is -3.87. The van der Waals surface area contributed by atoms with E-state index in [0.29, 0.717) is 14.8 Å². The van der Waals surface area contributed by atoms with Gasteiger partial charge in [-0.3, -0.25) is 9.59 Å². The molecule has 6 amide bonds. The van der Waals surface area contributed by atoms with Crippen molar-refractivity contribution in [2.45, 2.75) is 42.1 Å². The molecule has 0 spiro atoms. The summed E-state index contributed by atoms with van der Waals surface area (Å²) in [7, 11) is -3.87. The molecule has 3 saturated heterocycles. The molecule has 196 valence electrons. The third kappa shape index (κ3) is 5.55. The smallest absolute Gasteiger partial charge is 1.00 e. The summed E-state index contributed by atoms with van der Waals surface area (Å²) in [6.07, 6.45) is 0.850. The summed E-state index contributed by atoms with van der Waals surface area (Å²) in [4.78, 5) is 65.0. The minimum absolute atomic E-state index is 0. The molecule has 0 saturated carbocycles. The Hall–Kier alpha value is -1.69. The Morgan fingerprint density at radius 2 is 1.78 bits per heavy atom. The third-order valence-electron chi connectivity index (χ3n) is 6.25. The number of sulfonamides is 1. The van der Waals surface area contributed by atoms with E-state index in [1.807, 2.05) is 0 Å². The minimum Gasteiger partial charge on any atom is -1.00 e. The summed E-state index contributed by atoms with van der Waals surface area (Å²) >= 11 is 1.26. The SMILES string of the molecule is CC1(C)S[C@@H]2[C@H](NC(=O)C(NC(=O)N3CCN(S(C)(=O)=O)C3=O)c3ccccc3)C(=O)N2[C@H]1C(=O)O.[H-].[K+]. The van der Waals surface area contributed by atoms with Gasteiger partial charge >= 0.3 is 69.4 Å². The van der Waals surface area contributed by atoms with Crippen LogP contribution in [-0.2, 0) is 24.4 Å². The predicted molar refractivity (Wildman–Crippen MR) is 128 cm³/mol. The molecule has 0 aliphatic carbocycles. The summed E-state index contributed by atoms with van der Waals surface area (Å²) in [6, 6.07) is 2.76. The van der Waals surface area contributed by atoms with Crippen molar-refractivity contribution in [3.05, 3.63) is 35.9 Å². The number of imide groups is 1. The molecule has 0 aromatic heterocycles. The number of hydrogen-bond donors (Lipinski definition) is 3. The fraction of sp³-hybridized carbons (Fsp3) is 0.476. The van der Waals surface area contributed by atoms with E-state index < -0.39 is 68.1 Å². The molecule has 3 aliphatic rings. The van der Waals surface area contributed by atoms with Gasteiger partial charge in [0.05, 0.1) is 19.3 Å². The number of nitrogens with one attached hydrogen (secondary N) is 2. The molecule has 4 rings (SSSR count). The molecule has 3 heterocycles. The number of nitrogens with zero attached hydrogens (tertiary/aromatic N) is 3. The van der Waals surface area contributed by atoms with Crippen molar-refractivity contribution in [3.8, 4) is 0 Å². The molecule has 1 unspecified atom stereocenters. The number of urea groups is 2. The molecule has 3 aliphatic heterocycles. The van der Waals surface area contributed by atoms with Crippen molar-refractivity contribution in [1.82, 2.24) is 24.7 Å². The van der Waals surface area contributed by atoms with Crippen LogP contribution >= 0.6 is 11.8 Å². The number of β-lactam (4-membered cyclic amide) rings is 1. The van der Waals surface area contributed by atoms with Crippen LogP contribution in [0.5, 0.6) is 0 Å². The maximum Gasteiger partial charge on any atom is 1.00 e. The van der Waals surface area contributed by atoms with Crippen molar-refractivity contribution in [3.63, 3.8) is 0 Å². The first-order valence-corrected chi connectivity index (χ1v) is 13.6. The van der Waals surface area contributed by atoms with Gasteiger partial charge in [-0.1, -0.05) is 30.3 Å². The molecule has 0 bridgehead atoms. The number of rotatable bonds is 6. The Labute approximate surface area is 261 Å². The van der Waals surface area contributed by atoms with Crippen LogP contribution in [0.4, 0.5) is 9.59 Å². The number of carbonyl (C=O) groups excluding carboxylic acids is 4. The zero-order valence-corrected chi connectivity index (χ0v) is 25.3. The number of amides is 6. The molecule has 1 aromatic carbocycles. The summed E-state index contributed by atoms with van der Waals surface area (Å²) in [5, 5.41) is 14.0. The normalized spacial score (nSPS) is 25.1. The Bertz CT molecular complexity index is 1250. The summed E-state index contributed by atoms with van der Waals surface area (Å²) < 4.78 is 23.3. The molecule has 1 aromatic rings. The van der Waals surface area contributed by atoms with E-state index in [1.165, 1.54) is 16.7 Å². The van der Waals surface area contributed by atoms with Gasteiger partial charge in [0.25, 0.3) is 0 Å². The average molecular weight is 580 g/mol. The Morgan fingerprint density at radius 1 is 1.16 bits per heavy atom. The number of carbonyl (C=O) groups is 5. The molecular weight excluding hydrogens is 553 g/mol. The molecule has 4 atom stereocenters. The summed E-state index contributed by atoms with van der Waals surface area (Å²) in [6.45, 7) is 3.02. The second-order valence-electron chi connectivity index (χ2n) is 9.15. The predicted octanol–water partition coefficient (Wildman–Crippen LogP) is -3.12. The van der Waals surface area contributed by atoms with Gasteiger partial charge in [0.1, 0.15) is 23.5 Å². The maximum atomic E-state index is 13.3. The number of aliphatic carboxylic acids is 1. The van der Waals surface area contributed by atoms with Gasteiger partial charge < -0.3 is 22.1 Å². The second kappa shape index (κ2) is 10.8. The Balaban J connectivity index is 0.00000253. The zero-order chi connectivity index (χ0) is 26.6. The van der Waals surface area contributed by atoms with Crippen molar-refractivity contribution in [2.75, 3.05) is 19.3 Å². The first-order chi connectivity index (χ1) is 16.7. The first kappa shape index (κ1) is 29.9. The zero-order valence-electron chi connectivity index (χ0n) is 21.6. The number of carboxylic acid groups (broad SMARTS) is 1. The van der Waals surface area contributed by atoms with Crippen molar-refractivity contribution < 1.29 is 90.3 Å². The summed E-state index contributed by atoms with van der Waals surface area (Å²) in [5.74, 6) is -2.42. The number of carboxylic acids is 1. The number of thioether (sulfide) groups is 1. The van der Waals surface area contributed by atoms with Crippen LogP contribution in [0.3, 0.4) is 0 Å². The van der Waals surface area contributed by atoms with Crippen LogP contribution in [0, 0.1) is 0 Å². The van der Waals surface area contributed by atoms with E-state index in [-0.39, 0.29) is 65.9 Å².